The summed E-state index contributed by atoms with van der Waals surface area (Å²) in [7, 11) is 4.16. The predicted octanol–water partition coefficient (Wildman–Crippen LogP) is 1.19. The lowest BCUT2D eigenvalue weighted by Crippen LogP contribution is -2.38. The molecule has 1 unspecified atom stereocenters. The van der Waals surface area contributed by atoms with E-state index in [1.54, 1.807) is 6.07 Å². The van der Waals surface area contributed by atoms with Crippen molar-refractivity contribution in [1.82, 2.24) is 14.9 Å². The molecule has 0 saturated carbocycles. The summed E-state index contributed by atoms with van der Waals surface area (Å²) in [6.45, 7) is 3.88. The van der Waals surface area contributed by atoms with Crippen molar-refractivity contribution in [2.24, 2.45) is 0 Å². The molecular weight excluding hydrogens is 226 g/mol. The van der Waals surface area contributed by atoms with Crippen molar-refractivity contribution in [3.8, 4) is 6.07 Å². The maximum atomic E-state index is 8.97. The van der Waals surface area contributed by atoms with Crippen LogP contribution in [0.5, 0.6) is 0 Å². The van der Waals surface area contributed by atoms with Crippen molar-refractivity contribution in [3.63, 3.8) is 0 Å². The van der Waals surface area contributed by atoms with Gasteiger partial charge in [0, 0.05) is 24.8 Å². The Hall–Kier alpha value is -1.67. The maximum Gasteiger partial charge on any atom is 0.227 e. The van der Waals surface area contributed by atoms with Gasteiger partial charge in [-0.3, -0.25) is 0 Å². The van der Waals surface area contributed by atoms with Crippen LogP contribution in [0.2, 0.25) is 0 Å². The second-order valence-electron chi connectivity index (χ2n) is 5.06. The van der Waals surface area contributed by atoms with E-state index in [4.69, 9.17) is 5.26 Å². The molecular formula is C13H19N5. The highest BCUT2D eigenvalue weighted by atomic mass is 15.3. The van der Waals surface area contributed by atoms with Crippen LogP contribution in [0.3, 0.4) is 0 Å². The van der Waals surface area contributed by atoms with Gasteiger partial charge in [0.2, 0.25) is 5.95 Å². The highest BCUT2D eigenvalue weighted by Crippen LogP contribution is 2.23. The molecule has 0 aliphatic carbocycles. The zero-order valence-corrected chi connectivity index (χ0v) is 11.2. The molecule has 5 heteroatoms. The lowest BCUT2D eigenvalue weighted by molar-refractivity contribution is 0.371. The number of likely N-dealkylation sites (N-methyl/N-ethyl adjacent to an activating group) is 1. The van der Waals surface area contributed by atoms with E-state index in [-0.39, 0.29) is 0 Å². The normalized spacial score (nSPS) is 19.3. The fourth-order valence-corrected chi connectivity index (χ4v) is 2.45. The van der Waals surface area contributed by atoms with Crippen molar-refractivity contribution < 1.29 is 0 Å². The number of hydrogen-bond donors (Lipinski definition) is 0. The van der Waals surface area contributed by atoms with Gasteiger partial charge in [0.05, 0.1) is 0 Å². The molecule has 0 bridgehead atoms. The van der Waals surface area contributed by atoms with Gasteiger partial charge < -0.3 is 9.80 Å². The molecule has 0 spiro atoms. The molecule has 5 nitrogen and oxygen atoms in total. The molecule has 2 heterocycles. The van der Waals surface area contributed by atoms with Crippen molar-refractivity contribution in [2.75, 3.05) is 32.1 Å². The topological polar surface area (TPSA) is 56.1 Å². The Morgan fingerprint density at radius 2 is 2.28 bits per heavy atom. The number of hydrogen-bond acceptors (Lipinski definition) is 5. The SMILES string of the molecule is Cc1cc(C#N)nc(N2CCCC2CN(C)C)n1. The van der Waals surface area contributed by atoms with E-state index in [2.05, 4.69) is 39.9 Å². The van der Waals surface area contributed by atoms with Crippen LogP contribution in [0.15, 0.2) is 6.07 Å². The third kappa shape index (κ3) is 2.77. The molecule has 18 heavy (non-hydrogen) atoms. The van der Waals surface area contributed by atoms with Crippen molar-refractivity contribution in [2.45, 2.75) is 25.8 Å². The van der Waals surface area contributed by atoms with Crippen LogP contribution in [0, 0.1) is 18.3 Å². The van der Waals surface area contributed by atoms with Crippen LogP contribution in [0.4, 0.5) is 5.95 Å². The van der Waals surface area contributed by atoms with Crippen LogP contribution >= 0.6 is 0 Å². The Balaban J connectivity index is 2.24. The molecule has 0 radical (unpaired) electrons. The second-order valence-corrected chi connectivity index (χ2v) is 5.06. The summed E-state index contributed by atoms with van der Waals surface area (Å²) in [5.41, 5.74) is 1.31. The van der Waals surface area contributed by atoms with Gasteiger partial charge in [0.15, 0.2) is 0 Å². The number of aryl methyl sites for hydroxylation is 1. The average molecular weight is 245 g/mol. The minimum Gasteiger partial charge on any atom is -0.337 e. The van der Waals surface area contributed by atoms with Crippen molar-refractivity contribution in [1.29, 1.82) is 5.26 Å². The molecule has 1 aromatic heterocycles. The monoisotopic (exact) mass is 245 g/mol. The zero-order chi connectivity index (χ0) is 13.1. The Bertz CT molecular complexity index is 463. The summed E-state index contributed by atoms with van der Waals surface area (Å²) >= 11 is 0. The third-order valence-electron chi connectivity index (χ3n) is 3.17. The second kappa shape index (κ2) is 5.32. The van der Waals surface area contributed by atoms with Crippen LogP contribution < -0.4 is 4.90 Å². The number of nitriles is 1. The molecule has 2 rings (SSSR count). The van der Waals surface area contributed by atoms with Crippen LogP contribution in [-0.4, -0.2) is 48.1 Å². The first kappa shape index (κ1) is 12.8. The molecule has 1 aliphatic rings. The number of aromatic nitrogens is 2. The van der Waals surface area contributed by atoms with Gasteiger partial charge in [-0.15, -0.1) is 0 Å². The predicted molar refractivity (Wildman–Crippen MR) is 70.4 cm³/mol. The van der Waals surface area contributed by atoms with Gasteiger partial charge in [0.25, 0.3) is 0 Å². The Morgan fingerprint density at radius 1 is 1.50 bits per heavy atom. The lowest BCUT2D eigenvalue weighted by Gasteiger charge is -2.27. The molecule has 1 aliphatic heterocycles. The first-order chi connectivity index (χ1) is 8.60. The molecule has 1 saturated heterocycles. The lowest BCUT2D eigenvalue weighted by atomic mass is 10.2. The standard InChI is InChI=1S/C13H19N5/c1-10-7-11(8-14)16-13(15-10)18-6-4-5-12(18)9-17(2)3/h7,12H,4-6,9H2,1-3H3. The molecule has 0 N–H and O–H groups in total. The van der Waals surface area contributed by atoms with Crippen molar-refractivity contribution >= 4 is 5.95 Å². The maximum absolute atomic E-state index is 8.97. The van der Waals surface area contributed by atoms with E-state index in [9.17, 15) is 0 Å². The van der Waals surface area contributed by atoms with Crippen LogP contribution in [0.1, 0.15) is 24.2 Å². The van der Waals surface area contributed by atoms with Crippen LogP contribution in [0.25, 0.3) is 0 Å². The summed E-state index contributed by atoms with van der Waals surface area (Å²) < 4.78 is 0. The smallest absolute Gasteiger partial charge is 0.227 e. The fourth-order valence-electron chi connectivity index (χ4n) is 2.45. The zero-order valence-electron chi connectivity index (χ0n) is 11.2. The van der Waals surface area contributed by atoms with Gasteiger partial charge in [-0.1, -0.05) is 0 Å². The molecule has 1 aromatic rings. The summed E-state index contributed by atoms with van der Waals surface area (Å²) in [6, 6.07) is 4.27. The van der Waals surface area contributed by atoms with E-state index in [1.807, 2.05) is 6.92 Å². The Kier molecular flexibility index (Phi) is 3.78. The van der Waals surface area contributed by atoms with E-state index < -0.39 is 0 Å². The molecule has 0 amide bonds. The van der Waals surface area contributed by atoms with E-state index >= 15 is 0 Å². The van der Waals surface area contributed by atoms with Gasteiger partial charge in [-0.05, 0) is 39.9 Å². The number of anilines is 1. The quantitative estimate of drug-likeness (QED) is 0.800. The minimum atomic E-state index is 0.452. The van der Waals surface area contributed by atoms with E-state index in [0.29, 0.717) is 17.7 Å². The largest absolute Gasteiger partial charge is 0.337 e. The third-order valence-corrected chi connectivity index (χ3v) is 3.17. The van der Waals surface area contributed by atoms with E-state index in [1.165, 1.54) is 0 Å². The fraction of sp³-hybridized carbons (Fsp3) is 0.615. The van der Waals surface area contributed by atoms with Crippen LogP contribution in [-0.2, 0) is 0 Å². The van der Waals surface area contributed by atoms with Crippen molar-refractivity contribution in [3.05, 3.63) is 17.5 Å². The molecule has 1 atom stereocenters. The minimum absolute atomic E-state index is 0.452. The Labute approximate surface area is 108 Å². The number of rotatable bonds is 3. The summed E-state index contributed by atoms with van der Waals surface area (Å²) in [4.78, 5) is 13.2. The highest BCUT2D eigenvalue weighted by molar-refractivity contribution is 5.38. The molecule has 96 valence electrons. The summed E-state index contributed by atoms with van der Waals surface area (Å²) in [6.07, 6.45) is 2.33. The molecule has 1 fully saturated rings. The summed E-state index contributed by atoms with van der Waals surface area (Å²) in [5, 5.41) is 8.97. The van der Waals surface area contributed by atoms with Gasteiger partial charge in [-0.25, -0.2) is 9.97 Å². The van der Waals surface area contributed by atoms with Gasteiger partial charge in [0.1, 0.15) is 11.8 Å². The first-order valence-corrected chi connectivity index (χ1v) is 6.27. The van der Waals surface area contributed by atoms with Gasteiger partial charge >= 0.3 is 0 Å². The average Bonchev–Trinajstić information content (AvgIpc) is 2.75. The van der Waals surface area contributed by atoms with Gasteiger partial charge in [-0.2, -0.15) is 5.26 Å². The first-order valence-electron chi connectivity index (χ1n) is 6.27. The summed E-state index contributed by atoms with van der Waals surface area (Å²) in [5.74, 6) is 0.705. The number of nitrogens with zero attached hydrogens (tertiary/aromatic N) is 5. The molecule has 0 aromatic carbocycles. The highest BCUT2D eigenvalue weighted by Gasteiger charge is 2.27. The Morgan fingerprint density at radius 3 is 2.94 bits per heavy atom. The van der Waals surface area contributed by atoms with E-state index in [0.717, 1.165) is 31.6 Å².